The van der Waals surface area contributed by atoms with Crippen molar-refractivity contribution in [1.29, 1.82) is 0 Å². The van der Waals surface area contributed by atoms with Crippen molar-refractivity contribution in [3.63, 3.8) is 0 Å². The molecule has 5 nitrogen and oxygen atoms in total. The number of hydrogen-bond acceptors (Lipinski definition) is 4. The van der Waals surface area contributed by atoms with Gasteiger partial charge in [-0.3, -0.25) is 4.79 Å². The third-order valence-corrected chi connectivity index (χ3v) is 7.24. The molecule has 0 aliphatic heterocycles. The summed E-state index contributed by atoms with van der Waals surface area (Å²) in [7, 11) is 0. The zero-order valence-corrected chi connectivity index (χ0v) is 19.6. The standard InChI is InChI=1S/C26H28N4OS/c1-16-11-12-22(17(2)14-16)30-25-24(18(3)29-30)20(15-21(28-25)23-10-7-13-32-23)26(31)27-19-8-5-4-6-9-19/h7,10-15,19H,4-6,8-9H2,1-3H3,(H,27,31). The predicted octanol–water partition coefficient (Wildman–Crippen LogP) is 6.14. The minimum Gasteiger partial charge on any atom is -0.349 e. The summed E-state index contributed by atoms with van der Waals surface area (Å²) in [5.41, 5.74) is 6.35. The van der Waals surface area contributed by atoms with Crippen LogP contribution in [0.4, 0.5) is 0 Å². The average Bonchev–Trinajstić information content (AvgIpc) is 3.43. The maximum Gasteiger partial charge on any atom is 0.252 e. The molecule has 1 aliphatic rings. The minimum absolute atomic E-state index is 0.0228. The molecule has 164 valence electrons. The predicted molar refractivity (Wildman–Crippen MR) is 131 cm³/mol. The number of nitrogens with one attached hydrogen (secondary N) is 1. The number of nitrogens with zero attached hydrogens (tertiary/aromatic N) is 3. The molecule has 1 aliphatic carbocycles. The molecule has 3 aromatic heterocycles. The van der Waals surface area contributed by atoms with Gasteiger partial charge in [-0.1, -0.05) is 43.0 Å². The lowest BCUT2D eigenvalue weighted by Crippen LogP contribution is -2.36. The van der Waals surface area contributed by atoms with Crippen molar-refractivity contribution in [3.8, 4) is 16.3 Å². The van der Waals surface area contributed by atoms with E-state index in [1.165, 1.54) is 24.8 Å². The van der Waals surface area contributed by atoms with Crippen LogP contribution < -0.4 is 5.32 Å². The van der Waals surface area contributed by atoms with Crippen molar-refractivity contribution in [2.24, 2.45) is 0 Å². The molecule has 0 radical (unpaired) electrons. The number of fused-ring (bicyclic) bond motifs is 1. The van der Waals surface area contributed by atoms with Crippen molar-refractivity contribution in [1.82, 2.24) is 20.1 Å². The summed E-state index contributed by atoms with van der Waals surface area (Å²) in [6, 6.07) is 12.6. The van der Waals surface area contributed by atoms with Crippen LogP contribution in [0.2, 0.25) is 0 Å². The van der Waals surface area contributed by atoms with E-state index in [0.717, 1.165) is 51.4 Å². The van der Waals surface area contributed by atoms with Gasteiger partial charge in [-0.05, 0) is 62.8 Å². The summed E-state index contributed by atoms with van der Waals surface area (Å²) < 4.78 is 1.90. The Morgan fingerprint density at radius 3 is 2.62 bits per heavy atom. The van der Waals surface area contributed by atoms with E-state index in [9.17, 15) is 4.79 Å². The average molecular weight is 445 g/mol. The molecule has 1 fully saturated rings. The lowest BCUT2D eigenvalue weighted by molar-refractivity contribution is 0.0929. The van der Waals surface area contributed by atoms with Crippen LogP contribution in [0.1, 0.15) is 59.3 Å². The zero-order valence-electron chi connectivity index (χ0n) is 18.8. The van der Waals surface area contributed by atoms with E-state index >= 15 is 0 Å². The first-order chi connectivity index (χ1) is 15.5. The highest BCUT2D eigenvalue weighted by Crippen LogP contribution is 2.32. The maximum atomic E-state index is 13.5. The highest BCUT2D eigenvalue weighted by atomic mass is 32.1. The fourth-order valence-electron chi connectivity index (χ4n) is 4.74. The van der Waals surface area contributed by atoms with Crippen LogP contribution in [-0.4, -0.2) is 26.7 Å². The Morgan fingerprint density at radius 2 is 1.91 bits per heavy atom. The Morgan fingerprint density at radius 1 is 1.09 bits per heavy atom. The topological polar surface area (TPSA) is 59.8 Å². The molecule has 6 heteroatoms. The highest BCUT2D eigenvalue weighted by Gasteiger charge is 2.24. The van der Waals surface area contributed by atoms with E-state index in [0.29, 0.717) is 5.56 Å². The van der Waals surface area contributed by atoms with E-state index in [1.54, 1.807) is 11.3 Å². The number of rotatable bonds is 4. The minimum atomic E-state index is -0.0228. The van der Waals surface area contributed by atoms with E-state index in [1.807, 2.05) is 35.2 Å². The number of aryl methyl sites for hydroxylation is 3. The second-order valence-electron chi connectivity index (χ2n) is 8.83. The van der Waals surface area contributed by atoms with Crippen LogP contribution in [0.15, 0.2) is 41.8 Å². The summed E-state index contributed by atoms with van der Waals surface area (Å²) in [6.45, 7) is 6.14. The van der Waals surface area contributed by atoms with Gasteiger partial charge in [0, 0.05) is 6.04 Å². The largest absolute Gasteiger partial charge is 0.349 e. The van der Waals surface area contributed by atoms with Gasteiger partial charge < -0.3 is 5.32 Å². The van der Waals surface area contributed by atoms with E-state index in [2.05, 4.69) is 37.4 Å². The van der Waals surface area contributed by atoms with E-state index in [-0.39, 0.29) is 11.9 Å². The Balaban J connectivity index is 1.68. The van der Waals surface area contributed by atoms with Gasteiger partial charge >= 0.3 is 0 Å². The van der Waals surface area contributed by atoms with Crippen LogP contribution >= 0.6 is 11.3 Å². The van der Waals surface area contributed by atoms with Gasteiger partial charge in [-0.2, -0.15) is 5.10 Å². The van der Waals surface area contributed by atoms with Crippen LogP contribution in [0.25, 0.3) is 27.3 Å². The fourth-order valence-corrected chi connectivity index (χ4v) is 5.43. The number of pyridine rings is 1. The van der Waals surface area contributed by atoms with Gasteiger partial charge in [0.1, 0.15) is 0 Å². The van der Waals surface area contributed by atoms with Gasteiger partial charge in [0.15, 0.2) is 5.65 Å². The molecule has 1 N–H and O–H groups in total. The van der Waals surface area contributed by atoms with Crippen LogP contribution in [-0.2, 0) is 0 Å². The molecule has 3 heterocycles. The Hall–Kier alpha value is -2.99. The van der Waals surface area contributed by atoms with E-state index < -0.39 is 0 Å². The van der Waals surface area contributed by atoms with Crippen molar-refractivity contribution in [3.05, 3.63) is 64.2 Å². The summed E-state index contributed by atoms with van der Waals surface area (Å²) in [5.74, 6) is -0.0228. The first kappa shape index (κ1) is 20.9. The molecule has 5 rings (SSSR count). The molecule has 4 aromatic rings. The monoisotopic (exact) mass is 444 g/mol. The number of carbonyl (C=O) groups is 1. The summed E-state index contributed by atoms with van der Waals surface area (Å²) in [5, 5.41) is 11.0. The van der Waals surface area contributed by atoms with Crippen molar-refractivity contribution in [2.75, 3.05) is 0 Å². The van der Waals surface area contributed by atoms with Crippen molar-refractivity contribution in [2.45, 2.75) is 58.9 Å². The van der Waals surface area contributed by atoms with Gasteiger partial charge in [0.05, 0.1) is 32.9 Å². The molecule has 0 atom stereocenters. The van der Waals surface area contributed by atoms with Crippen LogP contribution in [0.3, 0.4) is 0 Å². The Labute approximate surface area is 192 Å². The summed E-state index contributed by atoms with van der Waals surface area (Å²) >= 11 is 1.63. The molecule has 0 bridgehead atoms. The maximum absolute atomic E-state index is 13.5. The van der Waals surface area contributed by atoms with Crippen LogP contribution in [0.5, 0.6) is 0 Å². The second-order valence-corrected chi connectivity index (χ2v) is 9.77. The summed E-state index contributed by atoms with van der Waals surface area (Å²) in [6.07, 6.45) is 5.73. The van der Waals surface area contributed by atoms with Crippen molar-refractivity contribution < 1.29 is 4.79 Å². The van der Waals surface area contributed by atoms with E-state index in [4.69, 9.17) is 10.1 Å². The SMILES string of the molecule is Cc1ccc(-n2nc(C)c3c(C(=O)NC4CCCCC4)cc(-c4cccs4)nc32)c(C)c1. The lowest BCUT2D eigenvalue weighted by atomic mass is 9.95. The lowest BCUT2D eigenvalue weighted by Gasteiger charge is -2.23. The van der Waals surface area contributed by atoms with Crippen molar-refractivity contribution >= 4 is 28.3 Å². The zero-order chi connectivity index (χ0) is 22.2. The number of amides is 1. The molecule has 1 aromatic carbocycles. The highest BCUT2D eigenvalue weighted by molar-refractivity contribution is 7.13. The fraction of sp³-hybridized carbons (Fsp3) is 0.346. The van der Waals surface area contributed by atoms with Gasteiger partial charge in [-0.15, -0.1) is 11.3 Å². The smallest absolute Gasteiger partial charge is 0.252 e. The number of thiophene rings is 1. The number of carbonyl (C=O) groups excluding carboxylic acids is 1. The number of benzene rings is 1. The van der Waals surface area contributed by atoms with Gasteiger partial charge in [0.2, 0.25) is 0 Å². The molecule has 0 unspecified atom stereocenters. The van der Waals surface area contributed by atoms with Gasteiger partial charge in [0.25, 0.3) is 5.91 Å². The first-order valence-corrected chi connectivity index (χ1v) is 12.2. The third kappa shape index (κ3) is 3.84. The molecule has 1 amide bonds. The quantitative estimate of drug-likeness (QED) is 0.411. The normalized spacial score (nSPS) is 14.7. The third-order valence-electron chi connectivity index (χ3n) is 6.35. The van der Waals surface area contributed by atoms with Gasteiger partial charge in [-0.25, -0.2) is 9.67 Å². The van der Waals surface area contributed by atoms with Crippen LogP contribution in [0, 0.1) is 20.8 Å². The molecule has 1 saturated carbocycles. The molecule has 0 spiro atoms. The molecule has 0 saturated heterocycles. The Bertz CT molecular complexity index is 1280. The first-order valence-electron chi connectivity index (χ1n) is 11.3. The number of hydrogen-bond donors (Lipinski definition) is 1. The summed E-state index contributed by atoms with van der Waals surface area (Å²) in [4.78, 5) is 19.5. The molecule has 32 heavy (non-hydrogen) atoms. The number of aromatic nitrogens is 3. The Kier molecular flexibility index (Phi) is 5.55. The molecular formula is C26H28N4OS. The second kappa shape index (κ2) is 8.51. The molecular weight excluding hydrogens is 416 g/mol.